The van der Waals surface area contributed by atoms with Crippen LogP contribution in [-0.2, 0) is 0 Å². The van der Waals surface area contributed by atoms with Crippen LogP contribution in [0.2, 0.25) is 0 Å². The summed E-state index contributed by atoms with van der Waals surface area (Å²) in [6, 6.07) is 5.68. The molecule has 0 radical (unpaired) electrons. The van der Waals surface area contributed by atoms with Gasteiger partial charge < -0.3 is 10.2 Å². The summed E-state index contributed by atoms with van der Waals surface area (Å²) in [5, 5.41) is 13.5. The number of nitro benzene ring substituents is 1. The number of non-ortho nitro benzene ring substituents is 1. The van der Waals surface area contributed by atoms with E-state index < -0.39 is 4.92 Å². The van der Waals surface area contributed by atoms with Crippen LogP contribution >= 0.6 is 0 Å². The average molecular weight is 319 g/mol. The van der Waals surface area contributed by atoms with Gasteiger partial charge in [0.05, 0.1) is 4.92 Å². The fraction of sp³-hybridized carbons (Fsp3) is 0.588. The first-order valence-corrected chi connectivity index (χ1v) is 8.20. The molecule has 1 fully saturated rings. The standard InChI is InChI=1S/C17H25N3O3/c1-13-10-14(2)12-19(11-13)9-3-8-18-17(21)15-4-6-16(7-5-15)20(22)23/h4-7,13-14H,3,8-12H2,1-2H3,(H,18,21)/t13-,14-/m1/s1. The van der Waals surface area contributed by atoms with Crippen LogP contribution in [0.25, 0.3) is 0 Å². The average Bonchev–Trinajstić information content (AvgIpc) is 2.50. The number of nitrogens with zero attached hydrogens (tertiary/aromatic N) is 2. The van der Waals surface area contributed by atoms with Gasteiger partial charge in [0, 0.05) is 37.3 Å². The van der Waals surface area contributed by atoms with E-state index >= 15 is 0 Å². The van der Waals surface area contributed by atoms with E-state index in [1.807, 2.05) is 0 Å². The minimum atomic E-state index is -0.470. The van der Waals surface area contributed by atoms with E-state index in [0.29, 0.717) is 12.1 Å². The molecular formula is C17H25N3O3. The first kappa shape index (κ1) is 17.4. The number of benzene rings is 1. The van der Waals surface area contributed by atoms with Gasteiger partial charge >= 0.3 is 0 Å². The Morgan fingerprint density at radius 1 is 1.26 bits per heavy atom. The number of likely N-dealkylation sites (tertiary alicyclic amines) is 1. The fourth-order valence-corrected chi connectivity index (χ4v) is 3.32. The number of nitro groups is 1. The Bertz CT molecular complexity index is 535. The van der Waals surface area contributed by atoms with Crippen molar-refractivity contribution in [1.82, 2.24) is 10.2 Å². The van der Waals surface area contributed by atoms with Crippen molar-refractivity contribution in [2.45, 2.75) is 26.7 Å². The van der Waals surface area contributed by atoms with Crippen LogP contribution in [0.3, 0.4) is 0 Å². The molecule has 1 amide bonds. The largest absolute Gasteiger partial charge is 0.352 e. The molecule has 6 heteroatoms. The van der Waals surface area contributed by atoms with Gasteiger partial charge in [0.1, 0.15) is 0 Å². The van der Waals surface area contributed by atoms with E-state index in [-0.39, 0.29) is 11.6 Å². The van der Waals surface area contributed by atoms with Crippen molar-refractivity contribution in [3.05, 3.63) is 39.9 Å². The lowest BCUT2D eigenvalue weighted by atomic mass is 9.92. The van der Waals surface area contributed by atoms with Gasteiger partial charge in [-0.05, 0) is 43.4 Å². The Kier molecular flexibility index (Phi) is 6.10. The maximum atomic E-state index is 12.0. The Morgan fingerprint density at radius 2 is 1.87 bits per heavy atom. The molecule has 1 aromatic rings. The molecule has 23 heavy (non-hydrogen) atoms. The van der Waals surface area contributed by atoms with Crippen molar-refractivity contribution in [1.29, 1.82) is 0 Å². The van der Waals surface area contributed by atoms with Crippen LogP contribution in [0.15, 0.2) is 24.3 Å². The number of hydrogen-bond donors (Lipinski definition) is 1. The topological polar surface area (TPSA) is 75.5 Å². The van der Waals surface area contributed by atoms with Crippen LogP contribution in [0.5, 0.6) is 0 Å². The van der Waals surface area contributed by atoms with Crippen LogP contribution in [0.1, 0.15) is 37.0 Å². The van der Waals surface area contributed by atoms with Gasteiger partial charge in [-0.2, -0.15) is 0 Å². The zero-order chi connectivity index (χ0) is 16.8. The molecule has 0 saturated carbocycles. The zero-order valence-electron chi connectivity index (χ0n) is 13.8. The lowest BCUT2D eigenvalue weighted by Gasteiger charge is -2.34. The van der Waals surface area contributed by atoms with Gasteiger partial charge in [0.25, 0.3) is 11.6 Å². The van der Waals surface area contributed by atoms with E-state index in [2.05, 4.69) is 24.1 Å². The summed E-state index contributed by atoms with van der Waals surface area (Å²) in [6.07, 6.45) is 2.21. The minimum Gasteiger partial charge on any atom is -0.352 e. The van der Waals surface area contributed by atoms with E-state index in [0.717, 1.165) is 37.9 Å². The predicted octanol–water partition coefficient (Wildman–Crippen LogP) is 2.69. The number of nitrogens with one attached hydrogen (secondary N) is 1. The molecule has 1 heterocycles. The molecule has 0 bridgehead atoms. The van der Waals surface area contributed by atoms with E-state index in [9.17, 15) is 14.9 Å². The summed E-state index contributed by atoms with van der Waals surface area (Å²) in [4.78, 5) is 24.6. The highest BCUT2D eigenvalue weighted by molar-refractivity contribution is 5.94. The second-order valence-electron chi connectivity index (χ2n) is 6.62. The quantitative estimate of drug-likeness (QED) is 0.497. The Morgan fingerprint density at radius 3 is 2.43 bits per heavy atom. The third-order valence-corrected chi connectivity index (χ3v) is 4.22. The third-order valence-electron chi connectivity index (χ3n) is 4.22. The Hall–Kier alpha value is -1.95. The third kappa shape index (κ3) is 5.32. The highest BCUT2D eigenvalue weighted by Gasteiger charge is 2.21. The van der Waals surface area contributed by atoms with Crippen LogP contribution in [0.4, 0.5) is 5.69 Å². The summed E-state index contributed by atoms with van der Waals surface area (Å²) >= 11 is 0. The number of carbonyl (C=O) groups excluding carboxylic acids is 1. The maximum Gasteiger partial charge on any atom is 0.269 e. The highest BCUT2D eigenvalue weighted by atomic mass is 16.6. The van der Waals surface area contributed by atoms with E-state index in [1.165, 1.54) is 30.7 Å². The molecule has 6 nitrogen and oxygen atoms in total. The first-order chi connectivity index (χ1) is 11.0. The normalized spacial score (nSPS) is 21.8. The van der Waals surface area contributed by atoms with Gasteiger partial charge in [-0.3, -0.25) is 14.9 Å². The molecule has 126 valence electrons. The molecule has 0 aliphatic carbocycles. The fourth-order valence-electron chi connectivity index (χ4n) is 3.32. The van der Waals surface area contributed by atoms with Crippen molar-refractivity contribution in [3.63, 3.8) is 0 Å². The lowest BCUT2D eigenvalue weighted by molar-refractivity contribution is -0.384. The van der Waals surface area contributed by atoms with Crippen molar-refractivity contribution in [3.8, 4) is 0 Å². The number of rotatable bonds is 6. The van der Waals surface area contributed by atoms with Gasteiger partial charge in [-0.15, -0.1) is 0 Å². The molecule has 0 aromatic heterocycles. The summed E-state index contributed by atoms with van der Waals surface area (Å²) in [7, 11) is 0. The summed E-state index contributed by atoms with van der Waals surface area (Å²) in [5.41, 5.74) is 0.450. The summed E-state index contributed by atoms with van der Waals surface area (Å²) < 4.78 is 0. The molecule has 1 N–H and O–H groups in total. The molecule has 0 unspecified atom stereocenters. The van der Waals surface area contributed by atoms with E-state index in [1.54, 1.807) is 0 Å². The molecule has 1 aromatic carbocycles. The Balaban J connectivity index is 1.71. The van der Waals surface area contributed by atoms with Crippen molar-refractivity contribution in [2.75, 3.05) is 26.2 Å². The molecule has 2 atom stereocenters. The smallest absolute Gasteiger partial charge is 0.269 e. The number of piperidine rings is 1. The molecule has 2 rings (SSSR count). The monoisotopic (exact) mass is 319 g/mol. The summed E-state index contributed by atoms with van der Waals surface area (Å²) in [6.45, 7) is 8.48. The van der Waals surface area contributed by atoms with Gasteiger partial charge in [0.2, 0.25) is 0 Å². The molecule has 0 spiro atoms. The molecule has 1 aliphatic rings. The second-order valence-corrected chi connectivity index (χ2v) is 6.62. The van der Waals surface area contributed by atoms with Crippen molar-refractivity contribution >= 4 is 11.6 Å². The number of amides is 1. The van der Waals surface area contributed by atoms with Gasteiger partial charge in [0.15, 0.2) is 0 Å². The molecule has 1 aliphatic heterocycles. The van der Waals surface area contributed by atoms with Crippen LogP contribution < -0.4 is 5.32 Å². The summed E-state index contributed by atoms with van der Waals surface area (Å²) in [5.74, 6) is 1.31. The van der Waals surface area contributed by atoms with Crippen LogP contribution in [-0.4, -0.2) is 41.9 Å². The lowest BCUT2D eigenvalue weighted by Crippen LogP contribution is -2.40. The Labute approximate surface area is 137 Å². The van der Waals surface area contributed by atoms with Crippen molar-refractivity contribution < 1.29 is 9.72 Å². The second kappa shape index (κ2) is 8.06. The SMILES string of the molecule is C[C@@H]1C[C@@H](C)CN(CCCNC(=O)c2ccc([N+](=O)[O-])cc2)C1. The van der Waals surface area contributed by atoms with Gasteiger partial charge in [-0.25, -0.2) is 0 Å². The number of hydrogen-bond acceptors (Lipinski definition) is 4. The predicted molar refractivity (Wildman–Crippen MR) is 89.4 cm³/mol. The molecule has 1 saturated heterocycles. The van der Waals surface area contributed by atoms with Crippen molar-refractivity contribution in [2.24, 2.45) is 11.8 Å². The zero-order valence-corrected chi connectivity index (χ0v) is 13.8. The van der Waals surface area contributed by atoms with Gasteiger partial charge in [-0.1, -0.05) is 13.8 Å². The highest BCUT2D eigenvalue weighted by Crippen LogP contribution is 2.20. The van der Waals surface area contributed by atoms with Crippen LogP contribution in [0, 0.1) is 22.0 Å². The number of carbonyl (C=O) groups is 1. The molecular weight excluding hydrogens is 294 g/mol. The first-order valence-electron chi connectivity index (χ1n) is 8.20. The van der Waals surface area contributed by atoms with E-state index in [4.69, 9.17) is 0 Å². The minimum absolute atomic E-state index is 0.00473. The maximum absolute atomic E-state index is 12.0.